The molecule has 2 N–H and O–H groups in total. The maximum Gasteiger partial charge on any atom is 0.407 e. The van der Waals surface area contributed by atoms with Crippen molar-refractivity contribution in [3.63, 3.8) is 0 Å². The van der Waals surface area contributed by atoms with Crippen LogP contribution in [0.1, 0.15) is 48.0 Å². The highest BCUT2D eigenvalue weighted by Gasteiger charge is 2.28. The molecular weight excluding hydrogens is 194 g/mol. The average Bonchev–Trinajstić information content (AvgIpc) is 2.00. The van der Waals surface area contributed by atoms with Crippen molar-refractivity contribution in [3.05, 3.63) is 0 Å². The van der Waals surface area contributed by atoms with Crippen LogP contribution in [0.3, 0.4) is 0 Å². The Hall–Kier alpha value is -0.770. The van der Waals surface area contributed by atoms with E-state index in [1.165, 1.54) is 0 Å². The van der Waals surface area contributed by atoms with Gasteiger partial charge in [-0.3, -0.25) is 0 Å². The fraction of sp³-hybridized carbons (Fsp3) is 0.909. The molecule has 0 saturated carbocycles. The molecule has 0 radical (unpaired) electrons. The number of hydrogen-bond acceptors (Lipinski definition) is 3. The lowest BCUT2D eigenvalue weighted by Gasteiger charge is -2.30. The van der Waals surface area contributed by atoms with E-state index in [-0.39, 0.29) is 6.04 Å². The standard InChI is InChI=1S/C11H23NO3/c1-7-11(6,14)8(2)12-9(13)15-10(3,4)5/h8,14H,7H2,1-6H3,(H,12,13)/t8-,11+/m0/s1. The van der Waals surface area contributed by atoms with E-state index in [2.05, 4.69) is 5.32 Å². The van der Waals surface area contributed by atoms with Gasteiger partial charge < -0.3 is 15.2 Å². The minimum absolute atomic E-state index is 0.336. The van der Waals surface area contributed by atoms with Gasteiger partial charge in [0.05, 0.1) is 11.6 Å². The summed E-state index contributed by atoms with van der Waals surface area (Å²) in [5.74, 6) is 0. The van der Waals surface area contributed by atoms with Crippen LogP contribution in [0.2, 0.25) is 0 Å². The number of amides is 1. The van der Waals surface area contributed by atoms with Crippen molar-refractivity contribution in [3.8, 4) is 0 Å². The maximum atomic E-state index is 11.4. The minimum atomic E-state index is -0.906. The van der Waals surface area contributed by atoms with Crippen molar-refractivity contribution in [2.24, 2.45) is 0 Å². The fourth-order valence-electron chi connectivity index (χ4n) is 0.946. The molecule has 90 valence electrons. The molecule has 0 spiro atoms. The quantitative estimate of drug-likeness (QED) is 0.760. The molecule has 0 saturated heterocycles. The van der Waals surface area contributed by atoms with Crippen LogP contribution in [0.25, 0.3) is 0 Å². The Labute approximate surface area is 92.0 Å². The predicted octanol–water partition coefficient (Wildman–Crippen LogP) is 2.06. The largest absolute Gasteiger partial charge is 0.444 e. The predicted molar refractivity (Wildman–Crippen MR) is 59.7 cm³/mol. The van der Waals surface area contributed by atoms with Crippen LogP contribution in [0.4, 0.5) is 4.79 Å². The Morgan fingerprint density at radius 3 is 2.20 bits per heavy atom. The molecule has 0 rings (SSSR count). The molecule has 1 amide bonds. The van der Waals surface area contributed by atoms with Gasteiger partial charge in [0, 0.05) is 0 Å². The summed E-state index contributed by atoms with van der Waals surface area (Å²) in [5, 5.41) is 12.5. The van der Waals surface area contributed by atoms with E-state index in [4.69, 9.17) is 4.74 Å². The summed E-state index contributed by atoms with van der Waals surface area (Å²) in [6.45, 7) is 10.7. The van der Waals surface area contributed by atoms with E-state index in [9.17, 15) is 9.90 Å². The van der Waals surface area contributed by atoms with Crippen LogP contribution in [-0.4, -0.2) is 28.4 Å². The summed E-state index contributed by atoms with van der Waals surface area (Å²) >= 11 is 0. The topological polar surface area (TPSA) is 58.6 Å². The number of nitrogens with one attached hydrogen (secondary N) is 1. The number of carbonyl (C=O) groups excluding carboxylic acids is 1. The second kappa shape index (κ2) is 4.84. The lowest BCUT2D eigenvalue weighted by atomic mass is 9.95. The van der Waals surface area contributed by atoms with Crippen molar-refractivity contribution < 1.29 is 14.6 Å². The second-order valence-corrected chi connectivity index (χ2v) is 5.08. The molecule has 0 aromatic rings. The molecule has 2 atom stereocenters. The monoisotopic (exact) mass is 217 g/mol. The van der Waals surface area contributed by atoms with Gasteiger partial charge in [0.15, 0.2) is 0 Å². The molecule has 0 bridgehead atoms. The van der Waals surface area contributed by atoms with Crippen LogP contribution in [0.5, 0.6) is 0 Å². The average molecular weight is 217 g/mol. The molecule has 0 unspecified atom stereocenters. The summed E-state index contributed by atoms with van der Waals surface area (Å²) in [6, 6.07) is -0.336. The number of hydrogen-bond donors (Lipinski definition) is 2. The number of carbonyl (C=O) groups is 1. The lowest BCUT2D eigenvalue weighted by Crippen LogP contribution is -2.49. The normalized spacial score (nSPS) is 17.8. The Kier molecular flexibility index (Phi) is 4.59. The van der Waals surface area contributed by atoms with Gasteiger partial charge in [0.2, 0.25) is 0 Å². The van der Waals surface area contributed by atoms with Crippen molar-refractivity contribution in [1.82, 2.24) is 5.32 Å². The smallest absolute Gasteiger partial charge is 0.407 e. The third-order valence-corrected chi connectivity index (χ3v) is 2.38. The van der Waals surface area contributed by atoms with E-state index in [1.807, 2.05) is 6.92 Å². The van der Waals surface area contributed by atoms with Gasteiger partial charge in [-0.05, 0) is 41.0 Å². The third kappa shape index (κ3) is 5.62. The van der Waals surface area contributed by atoms with Crippen molar-refractivity contribution in [1.29, 1.82) is 0 Å². The minimum Gasteiger partial charge on any atom is -0.444 e. The third-order valence-electron chi connectivity index (χ3n) is 2.38. The van der Waals surface area contributed by atoms with Gasteiger partial charge in [-0.25, -0.2) is 4.79 Å². The molecule has 4 heteroatoms. The van der Waals surface area contributed by atoms with Crippen molar-refractivity contribution in [2.75, 3.05) is 0 Å². The van der Waals surface area contributed by atoms with Crippen molar-refractivity contribution >= 4 is 6.09 Å². The van der Waals surface area contributed by atoms with E-state index < -0.39 is 17.3 Å². The second-order valence-electron chi connectivity index (χ2n) is 5.08. The first-order valence-electron chi connectivity index (χ1n) is 5.30. The Balaban J connectivity index is 4.20. The summed E-state index contributed by atoms with van der Waals surface area (Å²) in [6.07, 6.45) is 0.0768. The molecule has 4 nitrogen and oxygen atoms in total. The Morgan fingerprint density at radius 1 is 1.40 bits per heavy atom. The molecule has 0 aliphatic heterocycles. The van der Waals surface area contributed by atoms with E-state index in [1.54, 1.807) is 34.6 Å². The van der Waals surface area contributed by atoms with Crippen LogP contribution in [0, 0.1) is 0 Å². The highest BCUT2D eigenvalue weighted by molar-refractivity contribution is 5.68. The molecule has 0 aromatic carbocycles. The number of rotatable bonds is 3. The maximum absolute atomic E-state index is 11.4. The lowest BCUT2D eigenvalue weighted by molar-refractivity contribution is 0.00813. The van der Waals surface area contributed by atoms with E-state index in [0.29, 0.717) is 6.42 Å². The molecule has 0 fully saturated rings. The van der Waals surface area contributed by atoms with Gasteiger partial charge in [0.1, 0.15) is 5.60 Å². The van der Waals surface area contributed by atoms with Gasteiger partial charge >= 0.3 is 6.09 Å². The van der Waals surface area contributed by atoms with Gasteiger partial charge in [-0.15, -0.1) is 0 Å². The zero-order chi connectivity index (χ0) is 12.3. The highest BCUT2D eigenvalue weighted by Crippen LogP contribution is 2.14. The summed E-state index contributed by atoms with van der Waals surface area (Å²) in [7, 11) is 0. The van der Waals surface area contributed by atoms with E-state index in [0.717, 1.165) is 0 Å². The van der Waals surface area contributed by atoms with Crippen LogP contribution >= 0.6 is 0 Å². The molecule has 0 aromatic heterocycles. The van der Waals surface area contributed by atoms with Crippen LogP contribution < -0.4 is 5.32 Å². The van der Waals surface area contributed by atoms with Crippen molar-refractivity contribution in [2.45, 2.75) is 65.2 Å². The van der Waals surface area contributed by atoms with Gasteiger partial charge in [-0.2, -0.15) is 0 Å². The number of ether oxygens (including phenoxy) is 1. The highest BCUT2D eigenvalue weighted by atomic mass is 16.6. The fourth-order valence-corrected chi connectivity index (χ4v) is 0.946. The zero-order valence-electron chi connectivity index (χ0n) is 10.5. The first-order chi connectivity index (χ1) is 6.58. The summed E-state index contributed by atoms with van der Waals surface area (Å²) in [5.41, 5.74) is -1.42. The van der Waals surface area contributed by atoms with Crippen LogP contribution in [-0.2, 0) is 4.74 Å². The first kappa shape index (κ1) is 14.2. The van der Waals surface area contributed by atoms with Crippen LogP contribution in [0.15, 0.2) is 0 Å². The Bertz CT molecular complexity index is 218. The first-order valence-corrected chi connectivity index (χ1v) is 5.30. The number of aliphatic hydroxyl groups is 1. The van der Waals surface area contributed by atoms with E-state index >= 15 is 0 Å². The number of alkyl carbamates (subject to hydrolysis) is 1. The van der Waals surface area contributed by atoms with Gasteiger partial charge in [0.25, 0.3) is 0 Å². The summed E-state index contributed by atoms with van der Waals surface area (Å²) in [4.78, 5) is 11.4. The molecule has 15 heavy (non-hydrogen) atoms. The zero-order valence-corrected chi connectivity index (χ0v) is 10.5. The molecule has 0 aliphatic carbocycles. The Morgan fingerprint density at radius 2 is 1.87 bits per heavy atom. The summed E-state index contributed by atoms with van der Waals surface area (Å²) < 4.78 is 5.09. The van der Waals surface area contributed by atoms with Gasteiger partial charge in [-0.1, -0.05) is 6.92 Å². The molecule has 0 aliphatic rings. The SMILES string of the molecule is CC[C@@](C)(O)[C@H](C)NC(=O)OC(C)(C)C. The molecular formula is C11H23NO3. The molecule has 0 heterocycles.